The Bertz CT molecular complexity index is 1000. The number of nitrogens with zero attached hydrogens (tertiary/aromatic N) is 1. The number of hydrogen-bond acceptors (Lipinski definition) is 6. The van der Waals surface area contributed by atoms with Crippen LogP contribution in [0, 0.1) is 6.92 Å². The van der Waals surface area contributed by atoms with Crippen LogP contribution in [-0.2, 0) is 9.84 Å². The van der Waals surface area contributed by atoms with Gasteiger partial charge in [0.15, 0.2) is 15.0 Å². The fraction of sp³-hybridized carbons (Fsp3) is 0.263. The number of amidine groups is 1. The summed E-state index contributed by atoms with van der Waals surface area (Å²) in [5.41, 5.74) is 3.27. The SMILES string of the molecule is Cc1ccc(NC(=O)c2ccc(NC3=N[C@H]4CS(=O)(=O)C[C@@H]4S3)cc2)cc1. The van der Waals surface area contributed by atoms with Crippen LogP contribution in [0.3, 0.4) is 0 Å². The molecule has 0 aromatic heterocycles. The van der Waals surface area contributed by atoms with Crippen molar-refractivity contribution in [3.05, 3.63) is 59.7 Å². The van der Waals surface area contributed by atoms with Gasteiger partial charge in [-0.1, -0.05) is 29.5 Å². The van der Waals surface area contributed by atoms with Crippen molar-refractivity contribution in [2.75, 3.05) is 22.1 Å². The van der Waals surface area contributed by atoms with E-state index in [-0.39, 0.29) is 28.7 Å². The molecule has 2 aromatic rings. The Kier molecular flexibility index (Phi) is 4.69. The van der Waals surface area contributed by atoms with Crippen LogP contribution >= 0.6 is 11.8 Å². The average molecular weight is 402 g/mol. The van der Waals surface area contributed by atoms with Crippen LogP contribution in [0.2, 0.25) is 0 Å². The molecule has 2 atom stereocenters. The first-order chi connectivity index (χ1) is 12.9. The number of amides is 1. The molecule has 1 amide bonds. The molecule has 1 fully saturated rings. The molecule has 0 unspecified atom stereocenters. The van der Waals surface area contributed by atoms with Gasteiger partial charge in [-0.05, 0) is 43.3 Å². The summed E-state index contributed by atoms with van der Waals surface area (Å²) < 4.78 is 23.2. The van der Waals surface area contributed by atoms with E-state index in [4.69, 9.17) is 0 Å². The van der Waals surface area contributed by atoms with Crippen molar-refractivity contribution >= 4 is 44.0 Å². The summed E-state index contributed by atoms with van der Waals surface area (Å²) in [4.78, 5) is 16.8. The Morgan fingerprint density at radius 1 is 1.04 bits per heavy atom. The lowest BCUT2D eigenvalue weighted by Gasteiger charge is -2.09. The van der Waals surface area contributed by atoms with Crippen molar-refractivity contribution in [1.29, 1.82) is 0 Å². The smallest absolute Gasteiger partial charge is 0.255 e. The van der Waals surface area contributed by atoms with Crippen molar-refractivity contribution < 1.29 is 13.2 Å². The molecule has 2 heterocycles. The first kappa shape index (κ1) is 18.1. The van der Waals surface area contributed by atoms with Gasteiger partial charge in [0, 0.05) is 22.2 Å². The van der Waals surface area contributed by atoms with E-state index >= 15 is 0 Å². The van der Waals surface area contributed by atoms with E-state index in [2.05, 4.69) is 15.6 Å². The highest BCUT2D eigenvalue weighted by Gasteiger charge is 2.42. The largest absolute Gasteiger partial charge is 0.335 e. The summed E-state index contributed by atoms with van der Waals surface area (Å²) in [7, 11) is -2.95. The van der Waals surface area contributed by atoms with Crippen molar-refractivity contribution in [3.8, 4) is 0 Å². The van der Waals surface area contributed by atoms with Crippen LogP contribution in [0.25, 0.3) is 0 Å². The van der Waals surface area contributed by atoms with Crippen LogP contribution < -0.4 is 10.6 Å². The van der Waals surface area contributed by atoms with Gasteiger partial charge in [0.1, 0.15) is 0 Å². The Hall–Kier alpha value is -2.32. The van der Waals surface area contributed by atoms with Crippen molar-refractivity contribution in [3.63, 3.8) is 0 Å². The molecular weight excluding hydrogens is 382 g/mol. The number of anilines is 2. The quantitative estimate of drug-likeness (QED) is 0.826. The maximum atomic E-state index is 12.3. The number of aryl methyl sites for hydroxylation is 1. The third kappa shape index (κ3) is 4.17. The number of sulfone groups is 1. The molecule has 4 rings (SSSR count). The monoisotopic (exact) mass is 401 g/mol. The molecule has 2 N–H and O–H groups in total. The second-order valence-corrected chi connectivity index (χ2v) is 10.1. The molecule has 0 saturated carbocycles. The number of aliphatic imine (C=N–C) groups is 1. The maximum absolute atomic E-state index is 12.3. The first-order valence-corrected chi connectivity index (χ1v) is 11.3. The number of fused-ring (bicyclic) bond motifs is 1. The van der Waals surface area contributed by atoms with Crippen LogP contribution in [0.4, 0.5) is 11.4 Å². The highest BCUT2D eigenvalue weighted by atomic mass is 32.2. The zero-order chi connectivity index (χ0) is 19.0. The van der Waals surface area contributed by atoms with E-state index in [1.807, 2.05) is 43.3 Å². The van der Waals surface area contributed by atoms with Crippen LogP contribution in [0.15, 0.2) is 53.5 Å². The molecule has 0 bridgehead atoms. The van der Waals surface area contributed by atoms with Crippen LogP contribution in [0.1, 0.15) is 15.9 Å². The highest BCUT2D eigenvalue weighted by molar-refractivity contribution is 8.15. The summed E-state index contributed by atoms with van der Waals surface area (Å²) >= 11 is 1.47. The van der Waals surface area contributed by atoms with Gasteiger partial charge in [0.05, 0.1) is 17.5 Å². The average Bonchev–Trinajstić information content (AvgIpc) is 3.10. The summed E-state index contributed by atoms with van der Waals surface area (Å²) in [5, 5.41) is 6.82. The third-order valence-electron chi connectivity index (χ3n) is 4.53. The molecule has 6 nitrogen and oxygen atoms in total. The lowest BCUT2D eigenvalue weighted by Crippen LogP contribution is -2.13. The predicted molar refractivity (Wildman–Crippen MR) is 110 cm³/mol. The number of hydrogen-bond donors (Lipinski definition) is 2. The Balaban J connectivity index is 1.38. The molecule has 2 aliphatic rings. The van der Waals surface area contributed by atoms with Crippen LogP contribution in [-0.4, -0.2) is 42.3 Å². The molecule has 2 aromatic carbocycles. The standard InChI is InChI=1S/C19H19N3O3S2/c1-12-2-6-14(7-3-12)20-18(23)13-4-8-15(9-5-13)21-19-22-16-10-27(24,25)11-17(16)26-19/h2-9,16-17H,10-11H2,1H3,(H,20,23)(H,21,22)/t16-,17-/m0/s1. The summed E-state index contributed by atoms with van der Waals surface area (Å²) in [6, 6.07) is 14.6. The summed E-state index contributed by atoms with van der Waals surface area (Å²) in [6.45, 7) is 2.00. The molecule has 1 saturated heterocycles. The summed E-state index contributed by atoms with van der Waals surface area (Å²) in [6.07, 6.45) is 0. The van der Waals surface area contributed by atoms with Gasteiger partial charge >= 0.3 is 0 Å². The van der Waals surface area contributed by atoms with Gasteiger partial charge in [0.25, 0.3) is 5.91 Å². The predicted octanol–water partition coefficient (Wildman–Crippen LogP) is 2.93. The van der Waals surface area contributed by atoms with Crippen LogP contribution in [0.5, 0.6) is 0 Å². The molecule has 27 heavy (non-hydrogen) atoms. The summed E-state index contributed by atoms with van der Waals surface area (Å²) in [5.74, 6) is 0.154. The Morgan fingerprint density at radius 3 is 2.37 bits per heavy atom. The molecule has 8 heteroatoms. The number of carbonyl (C=O) groups is 1. The molecule has 2 aliphatic heterocycles. The first-order valence-electron chi connectivity index (χ1n) is 8.58. The molecule has 0 aliphatic carbocycles. The van der Waals surface area contributed by atoms with Crippen molar-refractivity contribution in [2.24, 2.45) is 4.99 Å². The van der Waals surface area contributed by atoms with E-state index < -0.39 is 9.84 Å². The topological polar surface area (TPSA) is 87.6 Å². The minimum atomic E-state index is -2.95. The Morgan fingerprint density at radius 2 is 1.70 bits per heavy atom. The van der Waals surface area contributed by atoms with Gasteiger partial charge in [-0.3, -0.25) is 9.79 Å². The van der Waals surface area contributed by atoms with Gasteiger partial charge in [0.2, 0.25) is 0 Å². The van der Waals surface area contributed by atoms with Gasteiger partial charge < -0.3 is 10.6 Å². The number of rotatable bonds is 3. The van der Waals surface area contributed by atoms with Gasteiger partial charge in [-0.25, -0.2) is 8.42 Å². The number of carbonyl (C=O) groups excluding carboxylic acids is 1. The van der Waals surface area contributed by atoms with Gasteiger partial charge in [-0.15, -0.1) is 0 Å². The molecule has 140 valence electrons. The van der Waals surface area contributed by atoms with E-state index in [0.29, 0.717) is 5.56 Å². The van der Waals surface area contributed by atoms with Crippen molar-refractivity contribution in [2.45, 2.75) is 18.2 Å². The van der Waals surface area contributed by atoms with Gasteiger partial charge in [-0.2, -0.15) is 0 Å². The van der Waals surface area contributed by atoms with E-state index in [9.17, 15) is 13.2 Å². The lowest BCUT2D eigenvalue weighted by atomic mass is 10.2. The zero-order valence-corrected chi connectivity index (χ0v) is 16.3. The molecular formula is C19H19N3O3S2. The number of benzene rings is 2. The van der Waals surface area contributed by atoms with E-state index in [1.54, 1.807) is 12.1 Å². The lowest BCUT2D eigenvalue weighted by molar-refractivity contribution is 0.102. The molecule has 0 spiro atoms. The second-order valence-electron chi connectivity index (χ2n) is 6.76. The van der Waals surface area contributed by atoms with E-state index in [0.717, 1.165) is 22.1 Å². The number of nitrogens with one attached hydrogen (secondary N) is 2. The third-order valence-corrected chi connectivity index (χ3v) is 7.67. The second kappa shape index (κ2) is 7.01. The normalized spacial score (nSPS) is 22.8. The molecule has 0 radical (unpaired) electrons. The zero-order valence-electron chi connectivity index (χ0n) is 14.7. The fourth-order valence-electron chi connectivity index (χ4n) is 3.08. The van der Waals surface area contributed by atoms with E-state index in [1.165, 1.54) is 11.8 Å². The minimum absolute atomic E-state index is 0.0112. The van der Waals surface area contributed by atoms with Crippen molar-refractivity contribution in [1.82, 2.24) is 0 Å². The minimum Gasteiger partial charge on any atom is -0.335 e. The Labute approximate surface area is 162 Å². The fourth-order valence-corrected chi connectivity index (χ4v) is 6.76. The maximum Gasteiger partial charge on any atom is 0.255 e. The number of thioether (sulfide) groups is 1. The highest BCUT2D eigenvalue weighted by Crippen LogP contribution is 2.34.